The molecule has 1 aromatic rings. The summed E-state index contributed by atoms with van der Waals surface area (Å²) < 4.78 is 5.82. The molecule has 3 rings (SSSR count). The van der Waals surface area contributed by atoms with E-state index in [-0.39, 0.29) is 24.2 Å². The minimum Gasteiger partial charge on any atom is -0.377 e. The fourth-order valence-electron chi connectivity index (χ4n) is 2.80. The lowest BCUT2D eigenvalue weighted by atomic mass is 9.84. The molecule has 0 aliphatic carbocycles. The van der Waals surface area contributed by atoms with Crippen molar-refractivity contribution in [1.82, 2.24) is 15.3 Å². The van der Waals surface area contributed by atoms with Crippen molar-refractivity contribution in [3.8, 4) is 0 Å². The van der Waals surface area contributed by atoms with Crippen molar-refractivity contribution in [1.29, 1.82) is 0 Å². The number of carbonyl (C=O) groups is 1. The molecular formula is C13H19ClN4O2. The molecule has 0 bridgehead atoms. The van der Waals surface area contributed by atoms with Gasteiger partial charge in [-0.05, 0) is 25.3 Å². The van der Waals surface area contributed by atoms with Crippen LogP contribution in [0.4, 0.5) is 5.82 Å². The number of aromatic nitrogens is 2. The first-order valence-electron chi connectivity index (χ1n) is 6.72. The Morgan fingerprint density at radius 3 is 3.15 bits per heavy atom. The first kappa shape index (κ1) is 15.2. The smallest absolute Gasteiger partial charge is 0.231 e. The number of anilines is 1. The average Bonchev–Trinajstić information content (AvgIpc) is 2.48. The highest BCUT2D eigenvalue weighted by Gasteiger charge is 2.36. The summed E-state index contributed by atoms with van der Waals surface area (Å²) >= 11 is 0. The monoisotopic (exact) mass is 298 g/mol. The van der Waals surface area contributed by atoms with Crippen LogP contribution in [-0.2, 0) is 9.53 Å². The predicted octanol–water partition coefficient (Wildman–Crippen LogP) is 0.851. The molecule has 0 radical (unpaired) electrons. The number of hydrogen-bond acceptors (Lipinski definition) is 5. The van der Waals surface area contributed by atoms with Crippen molar-refractivity contribution in [3.63, 3.8) is 0 Å². The summed E-state index contributed by atoms with van der Waals surface area (Å²) in [5, 5.41) is 6.15. The van der Waals surface area contributed by atoms with Gasteiger partial charge in [-0.25, -0.2) is 4.98 Å². The molecular weight excluding hydrogens is 280 g/mol. The molecule has 2 aliphatic heterocycles. The van der Waals surface area contributed by atoms with Crippen LogP contribution in [0.1, 0.15) is 12.8 Å². The third kappa shape index (κ3) is 3.45. The second kappa shape index (κ2) is 6.97. The van der Waals surface area contributed by atoms with Gasteiger partial charge in [-0.15, -0.1) is 12.4 Å². The van der Waals surface area contributed by atoms with Crippen LogP contribution < -0.4 is 10.6 Å². The van der Waals surface area contributed by atoms with E-state index in [4.69, 9.17) is 4.74 Å². The van der Waals surface area contributed by atoms with Gasteiger partial charge in [-0.2, -0.15) is 0 Å². The molecule has 1 amide bonds. The molecule has 7 heteroatoms. The number of rotatable bonds is 2. The predicted molar refractivity (Wildman–Crippen MR) is 76.7 cm³/mol. The minimum atomic E-state index is -0.0943. The van der Waals surface area contributed by atoms with Crippen LogP contribution in [0.3, 0.4) is 0 Å². The van der Waals surface area contributed by atoms with E-state index >= 15 is 0 Å². The number of nitrogens with one attached hydrogen (secondary N) is 2. The summed E-state index contributed by atoms with van der Waals surface area (Å²) in [6, 6.07) is 0. The Balaban J connectivity index is 0.00000147. The molecule has 2 N–H and O–H groups in total. The molecule has 0 spiro atoms. The first-order chi connectivity index (χ1) is 9.33. The average molecular weight is 299 g/mol. The third-order valence-corrected chi connectivity index (χ3v) is 3.82. The standard InChI is InChI=1S/C13H18N4O2.ClH/c18-13(17-12-7-15-3-4-16-12)10-5-9-6-14-2-1-11(9)19-8-10;/h3-4,7,9-11,14H,1-2,5-6,8H2,(H,16,17,18);1H/t9-,10-,11+;/m0./s1. The zero-order valence-electron chi connectivity index (χ0n) is 11.1. The van der Waals surface area contributed by atoms with Crippen molar-refractivity contribution >= 4 is 24.1 Å². The molecule has 2 aliphatic rings. The van der Waals surface area contributed by atoms with E-state index in [0.717, 1.165) is 25.9 Å². The van der Waals surface area contributed by atoms with Crippen LogP contribution in [0, 0.1) is 11.8 Å². The van der Waals surface area contributed by atoms with Crippen molar-refractivity contribution in [2.75, 3.05) is 25.0 Å². The summed E-state index contributed by atoms with van der Waals surface area (Å²) in [4.78, 5) is 20.1. The summed E-state index contributed by atoms with van der Waals surface area (Å²) in [7, 11) is 0. The normalized spacial score (nSPS) is 28.9. The zero-order chi connectivity index (χ0) is 13.1. The maximum atomic E-state index is 12.2. The largest absolute Gasteiger partial charge is 0.377 e. The highest BCUT2D eigenvalue weighted by Crippen LogP contribution is 2.29. The maximum Gasteiger partial charge on any atom is 0.231 e. The van der Waals surface area contributed by atoms with E-state index in [1.165, 1.54) is 0 Å². The van der Waals surface area contributed by atoms with Crippen LogP contribution in [-0.4, -0.2) is 41.7 Å². The van der Waals surface area contributed by atoms with E-state index in [1.807, 2.05) is 0 Å². The Labute approximate surface area is 124 Å². The van der Waals surface area contributed by atoms with Gasteiger partial charge in [0.15, 0.2) is 5.82 Å². The lowest BCUT2D eigenvalue weighted by Gasteiger charge is -2.38. The van der Waals surface area contributed by atoms with Crippen LogP contribution in [0.25, 0.3) is 0 Å². The number of carbonyl (C=O) groups excluding carboxylic acids is 1. The Bertz CT molecular complexity index is 445. The summed E-state index contributed by atoms with van der Waals surface area (Å²) in [6.07, 6.45) is 6.94. The van der Waals surface area contributed by atoms with Gasteiger partial charge in [0, 0.05) is 18.9 Å². The molecule has 6 nitrogen and oxygen atoms in total. The number of nitrogens with zero attached hydrogens (tertiary/aromatic N) is 2. The third-order valence-electron chi connectivity index (χ3n) is 3.82. The van der Waals surface area contributed by atoms with E-state index in [2.05, 4.69) is 20.6 Å². The summed E-state index contributed by atoms with van der Waals surface area (Å²) in [6.45, 7) is 2.46. The van der Waals surface area contributed by atoms with Gasteiger partial charge in [0.05, 0.1) is 24.8 Å². The maximum absolute atomic E-state index is 12.2. The molecule has 2 fully saturated rings. The number of piperidine rings is 1. The molecule has 0 aromatic carbocycles. The van der Waals surface area contributed by atoms with Crippen LogP contribution in [0.5, 0.6) is 0 Å². The summed E-state index contributed by atoms with van der Waals surface area (Å²) in [5.41, 5.74) is 0. The van der Waals surface area contributed by atoms with E-state index < -0.39 is 0 Å². The first-order valence-corrected chi connectivity index (χ1v) is 6.72. The molecule has 0 saturated carbocycles. The molecule has 20 heavy (non-hydrogen) atoms. The zero-order valence-corrected chi connectivity index (χ0v) is 11.9. The Kier molecular flexibility index (Phi) is 5.28. The van der Waals surface area contributed by atoms with Gasteiger partial charge in [0.1, 0.15) is 0 Å². The SMILES string of the molecule is Cl.O=C(Nc1cnccn1)[C@@H]1CO[C@@H]2CCNC[C@@H]2C1. The Hall–Kier alpha value is -1.24. The number of hydrogen-bond donors (Lipinski definition) is 2. The molecule has 0 unspecified atom stereocenters. The molecule has 2 saturated heterocycles. The van der Waals surface area contributed by atoms with Gasteiger partial charge in [0.2, 0.25) is 5.91 Å². The Morgan fingerprint density at radius 1 is 1.45 bits per heavy atom. The van der Waals surface area contributed by atoms with Gasteiger partial charge >= 0.3 is 0 Å². The highest BCUT2D eigenvalue weighted by atomic mass is 35.5. The van der Waals surface area contributed by atoms with Gasteiger partial charge in [0.25, 0.3) is 0 Å². The molecule has 3 heterocycles. The lowest BCUT2D eigenvalue weighted by Crippen LogP contribution is -2.48. The van der Waals surface area contributed by atoms with E-state index in [1.54, 1.807) is 18.6 Å². The fourth-order valence-corrected chi connectivity index (χ4v) is 2.80. The highest BCUT2D eigenvalue weighted by molar-refractivity contribution is 5.91. The van der Waals surface area contributed by atoms with Gasteiger partial charge < -0.3 is 15.4 Å². The second-order valence-corrected chi connectivity index (χ2v) is 5.14. The molecule has 1 aromatic heterocycles. The van der Waals surface area contributed by atoms with Crippen molar-refractivity contribution in [3.05, 3.63) is 18.6 Å². The fraction of sp³-hybridized carbons (Fsp3) is 0.615. The molecule has 110 valence electrons. The number of fused-ring (bicyclic) bond motifs is 1. The molecule has 3 atom stereocenters. The van der Waals surface area contributed by atoms with E-state index in [0.29, 0.717) is 24.4 Å². The van der Waals surface area contributed by atoms with Crippen molar-refractivity contribution < 1.29 is 9.53 Å². The quantitative estimate of drug-likeness (QED) is 0.846. The lowest BCUT2D eigenvalue weighted by molar-refractivity contribution is -0.131. The van der Waals surface area contributed by atoms with E-state index in [9.17, 15) is 4.79 Å². The van der Waals surface area contributed by atoms with Gasteiger partial charge in [-0.3, -0.25) is 9.78 Å². The van der Waals surface area contributed by atoms with Crippen molar-refractivity contribution in [2.24, 2.45) is 11.8 Å². The number of amides is 1. The number of halogens is 1. The van der Waals surface area contributed by atoms with Crippen LogP contribution in [0.2, 0.25) is 0 Å². The van der Waals surface area contributed by atoms with Gasteiger partial charge in [-0.1, -0.05) is 0 Å². The van der Waals surface area contributed by atoms with Crippen molar-refractivity contribution in [2.45, 2.75) is 18.9 Å². The summed E-state index contributed by atoms with van der Waals surface area (Å²) in [5.74, 6) is 0.823. The van der Waals surface area contributed by atoms with Crippen LogP contribution in [0.15, 0.2) is 18.6 Å². The second-order valence-electron chi connectivity index (χ2n) is 5.14. The minimum absolute atomic E-state index is 0. The number of ether oxygens (including phenoxy) is 1. The Morgan fingerprint density at radius 2 is 2.35 bits per heavy atom. The topological polar surface area (TPSA) is 76.1 Å². The van der Waals surface area contributed by atoms with Crippen LogP contribution >= 0.6 is 12.4 Å².